The molecule has 18 heavy (non-hydrogen) atoms. The Kier molecular flexibility index (Phi) is 3.55. The van der Waals surface area contributed by atoms with Crippen molar-refractivity contribution in [1.82, 2.24) is 4.90 Å². The van der Waals surface area contributed by atoms with Crippen LogP contribution in [0.15, 0.2) is 42.0 Å². The number of alkyl halides is 1. The smallest absolute Gasteiger partial charge is 0.256 e. The van der Waals surface area contributed by atoms with Gasteiger partial charge in [0, 0.05) is 24.6 Å². The van der Waals surface area contributed by atoms with E-state index in [9.17, 15) is 14.0 Å². The maximum absolute atomic E-state index is 13.9. The summed E-state index contributed by atoms with van der Waals surface area (Å²) < 4.78 is 13.9. The van der Waals surface area contributed by atoms with Gasteiger partial charge >= 0.3 is 0 Å². The van der Waals surface area contributed by atoms with Crippen molar-refractivity contribution in [1.29, 1.82) is 0 Å². The van der Waals surface area contributed by atoms with Crippen molar-refractivity contribution < 1.29 is 14.0 Å². The SMILES string of the molecule is CC1=CC(=O)N(CCC(F)c2ccccc2)C1=O. The lowest BCUT2D eigenvalue weighted by Gasteiger charge is -2.16. The second-order valence-corrected chi connectivity index (χ2v) is 4.29. The van der Waals surface area contributed by atoms with E-state index in [1.807, 2.05) is 6.07 Å². The van der Waals surface area contributed by atoms with Crippen molar-refractivity contribution in [2.45, 2.75) is 19.5 Å². The van der Waals surface area contributed by atoms with E-state index in [4.69, 9.17) is 0 Å². The summed E-state index contributed by atoms with van der Waals surface area (Å²) in [6.45, 7) is 1.70. The number of amides is 2. The van der Waals surface area contributed by atoms with Crippen LogP contribution in [0.5, 0.6) is 0 Å². The molecule has 1 aliphatic rings. The monoisotopic (exact) mass is 247 g/mol. The Morgan fingerprint density at radius 3 is 2.44 bits per heavy atom. The highest BCUT2D eigenvalue weighted by Crippen LogP contribution is 2.22. The number of carbonyl (C=O) groups excluding carboxylic acids is 2. The molecule has 0 aromatic heterocycles. The van der Waals surface area contributed by atoms with Crippen molar-refractivity contribution in [3.05, 3.63) is 47.5 Å². The van der Waals surface area contributed by atoms with Crippen LogP contribution in [-0.4, -0.2) is 23.3 Å². The first-order valence-electron chi connectivity index (χ1n) is 5.82. The summed E-state index contributed by atoms with van der Waals surface area (Å²) in [6, 6.07) is 8.74. The molecule has 0 spiro atoms. The quantitative estimate of drug-likeness (QED) is 0.766. The number of hydrogen-bond donors (Lipinski definition) is 0. The Bertz CT molecular complexity index is 496. The van der Waals surface area contributed by atoms with Gasteiger partial charge in [0.2, 0.25) is 0 Å². The van der Waals surface area contributed by atoms with E-state index in [2.05, 4.69) is 0 Å². The number of nitrogens with zero attached hydrogens (tertiary/aromatic N) is 1. The molecule has 1 unspecified atom stereocenters. The fourth-order valence-corrected chi connectivity index (χ4v) is 1.92. The molecular weight excluding hydrogens is 233 g/mol. The molecule has 2 rings (SSSR count). The molecule has 0 saturated heterocycles. The molecule has 1 atom stereocenters. The molecule has 0 N–H and O–H groups in total. The van der Waals surface area contributed by atoms with Gasteiger partial charge in [-0.25, -0.2) is 4.39 Å². The molecule has 4 heteroatoms. The molecule has 1 aromatic rings. The highest BCUT2D eigenvalue weighted by Gasteiger charge is 2.28. The topological polar surface area (TPSA) is 37.4 Å². The zero-order valence-electron chi connectivity index (χ0n) is 10.1. The minimum atomic E-state index is -1.16. The van der Waals surface area contributed by atoms with Gasteiger partial charge in [-0.1, -0.05) is 30.3 Å². The van der Waals surface area contributed by atoms with Crippen molar-refractivity contribution in [3.63, 3.8) is 0 Å². The van der Waals surface area contributed by atoms with E-state index in [-0.39, 0.29) is 24.8 Å². The summed E-state index contributed by atoms with van der Waals surface area (Å²) >= 11 is 0. The van der Waals surface area contributed by atoms with Crippen LogP contribution in [0.3, 0.4) is 0 Å². The van der Waals surface area contributed by atoms with Gasteiger partial charge in [-0.3, -0.25) is 14.5 Å². The van der Waals surface area contributed by atoms with Crippen LogP contribution in [0.2, 0.25) is 0 Å². The molecule has 0 saturated carbocycles. The van der Waals surface area contributed by atoms with Gasteiger partial charge in [0.15, 0.2) is 0 Å². The predicted octanol–water partition coefficient (Wildman–Crippen LogP) is 2.40. The number of rotatable bonds is 4. The fraction of sp³-hybridized carbons (Fsp3) is 0.286. The Balaban J connectivity index is 1.93. The van der Waals surface area contributed by atoms with Crippen LogP contribution in [0.1, 0.15) is 25.1 Å². The van der Waals surface area contributed by atoms with Gasteiger partial charge in [0.05, 0.1) is 0 Å². The Hall–Kier alpha value is -1.97. The van der Waals surface area contributed by atoms with Crippen molar-refractivity contribution in [2.24, 2.45) is 0 Å². The van der Waals surface area contributed by atoms with E-state index in [0.29, 0.717) is 11.1 Å². The largest absolute Gasteiger partial charge is 0.275 e. The summed E-state index contributed by atoms with van der Waals surface area (Å²) in [7, 11) is 0. The van der Waals surface area contributed by atoms with Crippen LogP contribution >= 0.6 is 0 Å². The third-order valence-electron chi connectivity index (χ3n) is 2.96. The Morgan fingerprint density at radius 1 is 1.22 bits per heavy atom. The van der Waals surface area contributed by atoms with Crippen molar-refractivity contribution >= 4 is 11.8 Å². The molecule has 2 amide bonds. The number of imide groups is 1. The summed E-state index contributed by atoms with van der Waals surface area (Å²) in [5.74, 6) is -0.668. The average molecular weight is 247 g/mol. The predicted molar refractivity (Wildman–Crippen MR) is 65.4 cm³/mol. The molecule has 1 aromatic carbocycles. The maximum atomic E-state index is 13.9. The first kappa shape index (κ1) is 12.5. The highest BCUT2D eigenvalue weighted by atomic mass is 19.1. The van der Waals surface area contributed by atoms with E-state index >= 15 is 0 Å². The summed E-state index contributed by atoms with van der Waals surface area (Å²) in [6.07, 6.45) is 0.258. The van der Waals surface area contributed by atoms with Crippen molar-refractivity contribution in [2.75, 3.05) is 6.54 Å². The normalized spacial score (nSPS) is 17.0. The fourth-order valence-electron chi connectivity index (χ4n) is 1.92. The van der Waals surface area contributed by atoms with E-state index in [1.165, 1.54) is 6.08 Å². The van der Waals surface area contributed by atoms with E-state index < -0.39 is 6.17 Å². The Morgan fingerprint density at radius 2 is 1.89 bits per heavy atom. The Labute approximate surface area is 105 Å². The molecule has 1 aliphatic heterocycles. The second-order valence-electron chi connectivity index (χ2n) is 4.29. The molecule has 0 fully saturated rings. The number of halogens is 1. The van der Waals surface area contributed by atoms with Crippen LogP contribution in [0.4, 0.5) is 4.39 Å². The lowest BCUT2D eigenvalue weighted by molar-refractivity contribution is -0.137. The van der Waals surface area contributed by atoms with Gasteiger partial charge in [-0.05, 0) is 12.5 Å². The lowest BCUT2D eigenvalue weighted by Crippen LogP contribution is -2.32. The average Bonchev–Trinajstić information content (AvgIpc) is 2.62. The molecular formula is C14H14FNO2. The molecule has 0 aliphatic carbocycles. The lowest BCUT2D eigenvalue weighted by atomic mass is 10.1. The van der Waals surface area contributed by atoms with E-state index in [1.54, 1.807) is 31.2 Å². The highest BCUT2D eigenvalue weighted by molar-refractivity contribution is 6.15. The molecule has 3 nitrogen and oxygen atoms in total. The summed E-state index contributed by atoms with van der Waals surface area (Å²) in [5.41, 5.74) is 0.983. The number of benzene rings is 1. The van der Waals surface area contributed by atoms with Gasteiger partial charge in [0.1, 0.15) is 6.17 Å². The third-order valence-corrected chi connectivity index (χ3v) is 2.96. The third kappa shape index (κ3) is 2.47. The standard InChI is InChI=1S/C14H14FNO2/c1-10-9-13(17)16(14(10)18)8-7-12(15)11-5-3-2-4-6-11/h2-6,9,12H,7-8H2,1H3. The minimum absolute atomic E-state index is 0.113. The second kappa shape index (κ2) is 5.12. The van der Waals surface area contributed by atoms with Crippen LogP contribution < -0.4 is 0 Å². The van der Waals surface area contributed by atoms with Gasteiger partial charge < -0.3 is 0 Å². The number of hydrogen-bond acceptors (Lipinski definition) is 2. The van der Waals surface area contributed by atoms with Crippen LogP contribution in [0, 0.1) is 0 Å². The maximum Gasteiger partial charge on any atom is 0.256 e. The number of carbonyl (C=O) groups is 2. The van der Waals surface area contributed by atoms with Crippen LogP contribution in [0.25, 0.3) is 0 Å². The molecule has 0 bridgehead atoms. The summed E-state index contributed by atoms with van der Waals surface area (Å²) in [4.78, 5) is 24.1. The summed E-state index contributed by atoms with van der Waals surface area (Å²) in [5, 5.41) is 0. The van der Waals surface area contributed by atoms with Gasteiger partial charge in [-0.2, -0.15) is 0 Å². The first-order valence-corrected chi connectivity index (χ1v) is 5.82. The molecule has 94 valence electrons. The zero-order chi connectivity index (χ0) is 13.1. The van der Waals surface area contributed by atoms with Gasteiger partial charge in [0.25, 0.3) is 11.8 Å². The first-order chi connectivity index (χ1) is 8.59. The molecule has 0 radical (unpaired) electrons. The van der Waals surface area contributed by atoms with Crippen molar-refractivity contribution in [3.8, 4) is 0 Å². The zero-order valence-corrected chi connectivity index (χ0v) is 10.1. The molecule has 1 heterocycles. The van der Waals surface area contributed by atoms with Crippen LogP contribution in [-0.2, 0) is 9.59 Å². The van der Waals surface area contributed by atoms with Gasteiger partial charge in [-0.15, -0.1) is 0 Å². The van der Waals surface area contributed by atoms with E-state index in [0.717, 1.165) is 4.90 Å². The minimum Gasteiger partial charge on any atom is -0.275 e.